The van der Waals surface area contributed by atoms with E-state index in [-0.39, 0.29) is 24.7 Å². The van der Waals surface area contributed by atoms with Gasteiger partial charge in [0.15, 0.2) is 5.76 Å². The van der Waals surface area contributed by atoms with Crippen molar-refractivity contribution in [1.29, 1.82) is 0 Å². The van der Waals surface area contributed by atoms with Gasteiger partial charge in [0.05, 0.1) is 0 Å². The minimum Gasteiger partial charge on any atom is -0.458 e. The molecule has 1 unspecified atom stereocenters. The van der Waals surface area contributed by atoms with Crippen molar-refractivity contribution < 1.29 is 9.47 Å². The molecule has 0 aromatic heterocycles. The molecule has 1 aliphatic heterocycles. The standard InChI is InChI=1S/C13H16N4O2.ClH/c1-9(16-17-13(14)15)11-8-18-12(19-11)7-10-5-3-2-4-6-10;/h2-6,8,12H,7H2,1H3,(H4,14,15,17);1H. The van der Waals surface area contributed by atoms with E-state index >= 15 is 0 Å². The Bertz CT molecular complexity index is 524. The van der Waals surface area contributed by atoms with Crippen molar-refractivity contribution in [2.45, 2.75) is 19.6 Å². The van der Waals surface area contributed by atoms with Gasteiger partial charge in [-0.3, -0.25) is 0 Å². The van der Waals surface area contributed by atoms with Crippen molar-refractivity contribution in [3.8, 4) is 0 Å². The Morgan fingerprint density at radius 3 is 2.55 bits per heavy atom. The quantitative estimate of drug-likeness (QED) is 0.500. The van der Waals surface area contributed by atoms with Gasteiger partial charge in [-0.15, -0.1) is 22.6 Å². The van der Waals surface area contributed by atoms with Gasteiger partial charge >= 0.3 is 0 Å². The summed E-state index contributed by atoms with van der Waals surface area (Å²) in [5.74, 6) is 0.436. The lowest BCUT2D eigenvalue weighted by Crippen LogP contribution is -2.22. The van der Waals surface area contributed by atoms with E-state index in [1.807, 2.05) is 30.3 Å². The molecule has 0 amide bonds. The Balaban J connectivity index is 0.00000200. The summed E-state index contributed by atoms with van der Waals surface area (Å²) in [5, 5.41) is 7.39. The Labute approximate surface area is 123 Å². The monoisotopic (exact) mass is 296 g/mol. The topological polar surface area (TPSA) is 95.2 Å². The molecule has 4 N–H and O–H groups in total. The van der Waals surface area contributed by atoms with Gasteiger partial charge in [-0.05, 0) is 12.5 Å². The van der Waals surface area contributed by atoms with Crippen LogP contribution in [0.4, 0.5) is 0 Å². The lowest BCUT2D eigenvalue weighted by atomic mass is 10.1. The Morgan fingerprint density at radius 2 is 1.90 bits per heavy atom. The van der Waals surface area contributed by atoms with Crippen LogP contribution >= 0.6 is 12.4 Å². The zero-order valence-corrected chi connectivity index (χ0v) is 11.8. The van der Waals surface area contributed by atoms with E-state index in [4.69, 9.17) is 20.9 Å². The second-order valence-corrected chi connectivity index (χ2v) is 4.07. The maximum absolute atomic E-state index is 5.62. The molecular formula is C13H17ClN4O2. The third-order valence-corrected chi connectivity index (χ3v) is 2.50. The number of nitrogens with two attached hydrogens (primary N) is 2. The maximum atomic E-state index is 5.62. The number of guanidine groups is 1. The highest BCUT2D eigenvalue weighted by Gasteiger charge is 2.21. The smallest absolute Gasteiger partial charge is 0.244 e. The van der Waals surface area contributed by atoms with Gasteiger partial charge in [0.25, 0.3) is 0 Å². The second-order valence-electron chi connectivity index (χ2n) is 4.07. The average molecular weight is 297 g/mol. The molecule has 20 heavy (non-hydrogen) atoms. The first-order valence-corrected chi connectivity index (χ1v) is 5.85. The molecular weight excluding hydrogens is 280 g/mol. The molecule has 2 rings (SSSR count). The van der Waals surface area contributed by atoms with Crippen LogP contribution in [0.25, 0.3) is 0 Å². The van der Waals surface area contributed by atoms with E-state index in [2.05, 4.69) is 10.2 Å². The Kier molecular flexibility index (Phi) is 5.86. The fourth-order valence-corrected chi connectivity index (χ4v) is 1.58. The predicted molar refractivity (Wildman–Crippen MR) is 80.4 cm³/mol. The van der Waals surface area contributed by atoms with Crippen LogP contribution in [0, 0.1) is 0 Å². The van der Waals surface area contributed by atoms with Crippen molar-refractivity contribution in [3.63, 3.8) is 0 Å². The number of allylic oxidation sites excluding steroid dienone is 1. The summed E-state index contributed by atoms with van der Waals surface area (Å²) < 4.78 is 11.0. The van der Waals surface area contributed by atoms with Crippen molar-refractivity contribution in [1.82, 2.24) is 0 Å². The van der Waals surface area contributed by atoms with Gasteiger partial charge in [0, 0.05) is 6.42 Å². The summed E-state index contributed by atoms with van der Waals surface area (Å²) in [6, 6.07) is 9.96. The summed E-state index contributed by atoms with van der Waals surface area (Å²) >= 11 is 0. The van der Waals surface area contributed by atoms with Gasteiger partial charge in [-0.25, -0.2) is 0 Å². The first-order chi connectivity index (χ1) is 9.15. The molecule has 0 saturated carbocycles. The summed E-state index contributed by atoms with van der Waals surface area (Å²) in [4.78, 5) is 0. The molecule has 0 aliphatic carbocycles. The van der Waals surface area contributed by atoms with Gasteiger partial charge in [-0.2, -0.15) is 0 Å². The summed E-state index contributed by atoms with van der Waals surface area (Å²) in [5.41, 5.74) is 12.1. The summed E-state index contributed by atoms with van der Waals surface area (Å²) in [6.45, 7) is 1.74. The van der Waals surface area contributed by atoms with Crippen LogP contribution < -0.4 is 11.5 Å². The summed E-state index contributed by atoms with van der Waals surface area (Å²) in [7, 11) is 0. The van der Waals surface area contributed by atoms with Crippen LogP contribution in [0.15, 0.2) is 52.6 Å². The molecule has 0 radical (unpaired) electrons. The van der Waals surface area contributed by atoms with E-state index in [1.165, 1.54) is 6.26 Å². The van der Waals surface area contributed by atoms with Crippen molar-refractivity contribution >= 4 is 24.1 Å². The number of nitrogens with zero attached hydrogens (tertiary/aromatic N) is 2. The highest BCUT2D eigenvalue weighted by atomic mass is 35.5. The summed E-state index contributed by atoms with van der Waals surface area (Å²) in [6.07, 6.45) is 1.84. The van der Waals surface area contributed by atoms with Gasteiger partial charge in [-0.1, -0.05) is 30.3 Å². The number of hydrogen-bond donors (Lipinski definition) is 2. The minimum absolute atomic E-state index is 0. The highest BCUT2D eigenvalue weighted by Crippen LogP contribution is 2.19. The van der Waals surface area contributed by atoms with Crippen molar-refractivity contribution in [2.75, 3.05) is 0 Å². The van der Waals surface area contributed by atoms with Crippen LogP contribution in [-0.4, -0.2) is 18.0 Å². The highest BCUT2D eigenvalue weighted by molar-refractivity contribution is 5.96. The molecule has 0 saturated heterocycles. The number of benzene rings is 1. The van der Waals surface area contributed by atoms with E-state index in [1.54, 1.807) is 6.92 Å². The van der Waals surface area contributed by atoms with Crippen molar-refractivity contribution in [2.24, 2.45) is 21.7 Å². The van der Waals surface area contributed by atoms with Crippen LogP contribution in [0.3, 0.4) is 0 Å². The second kappa shape index (κ2) is 7.40. The van der Waals surface area contributed by atoms with Crippen LogP contribution in [0.1, 0.15) is 12.5 Å². The molecule has 7 heteroatoms. The number of halogens is 1. The number of rotatable bonds is 4. The van der Waals surface area contributed by atoms with Crippen LogP contribution in [0.5, 0.6) is 0 Å². The van der Waals surface area contributed by atoms with Gasteiger partial charge in [0.1, 0.15) is 12.0 Å². The third-order valence-electron chi connectivity index (χ3n) is 2.50. The minimum atomic E-state index is -0.346. The molecule has 1 atom stereocenters. The fourth-order valence-electron chi connectivity index (χ4n) is 1.58. The van der Waals surface area contributed by atoms with E-state index in [9.17, 15) is 0 Å². The largest absolute Gasteiger partial charge is 0.458 e. The van der Waals surface area contributed by atoms with Crippen LogP contribution in [0.2, 0.25) is 0 Å². The van der Waals surface area contributed by atoms with Gasteiger partial charge < -0.3 is 20.9 Å². The molecule has 1 aromatic rings. The maximum Gasteiger partial charge on any atom is 0.244 e. The SMILES string of the molecule is CC(=NN=C(N)N)C1=COC(Cc2ccccc2)O1.Cl. The van der Waals surface area contributed by atoms with E-state index in [0.717, 1.165) is 5.56 Å². The molecule has 1 aliphatic rings. The molecule has 1 heterocycles. The zero-order chi connectivity index (χ0) is 13.7. The lowest BCUT2D eigenvalue weighted by Gasteiger charge is -2.11. The molecule has 1 aromatic carbocycles. The number of hydrogen-bond acceptors (Lipinski definition) is 4. The molecule has 6 nitrogen and oxygen atoms in total. The molecule has 0 bridgehead atoms. The zero-order valence-electron chi connectivity index (χ0n) is 11.0. The third kappa shape index (κ3) is 4.47. The first kappa shape index (κ1) is 15.8. The van der Waals surface area contributed by atoms with Gasteiger partial charge in [0.2, 0.25) is 12.2 Å². The normalized spacial score (nSPS) is 17.4. The fraction of sp³-hybridized carbons (Fsp3) is 0.231. The van der Waals surface area contributed by atoms with Crippen molar-refractivity contribution in [3.05, 3.63) is 47.9 Å². The molecule has 108 valence electrons. The first-order valence-electron chi connectivity index (χ1n) is 5.85. The predicted octanol–water partition coefficient (Wildman–Crippen LogP) is 1.51. The average Bonchev–Trinajstić information content (AvgIpc) is 2.85. The molecule has 0 spiro atoms. The molecule has 0 fully saturated rings. The Hall–Kier alpha value is -2.21. The lowest BCUT2D eigenvalue weighted by molar-refractivity contribution is -0.0254. The van der Waals surface area contributed by atoms with E-state index < -0.39 is 0 Å². The van der Waals surface area contributed by atoms with Crippen LogP contribution in [-0.2, 0) is 15.9 Å². The Morgan fingerprint density at radius 1 is 1.20 bits per heavy atom. The van der Waals surface area contributed by atoms with E-state index in [0.29, 0.717) is 17.9 Å². The number of ether oxygens (including phenoxy) is 2.